The van der Waals surface area contributed by atoms with Crippen LogP contribution in [-0.4, -0.2) is 14.6 Å². The monoisotopic (exact) mass is 293 g/mol. The van der Waals surface area contributed by atoms with E-state index in [0.717, 1.165) is 15.8 Å². The highest BCUT2D eigenvalue weighted by Gasteiger charge is 2.17. The molecule has 1 saturated carbocycles. The second-order valence-electron chi connectivity index (χ2n) is 4.89. The fraction of sp³-hybridized carbons (Fsp3) is 0.538. The molecular formula is C13H16BrN3. The number of aryl methyl sites for hydroxylation is 1. The second kappa shape index (κ2) is 4.41. The van der Waals surface area contributed by atoms with Crippen molar-refractivity contribution < 1.29 is 0 Å². The van der Waals surface area contributed by atoms with Crippen LogP contribution >= 0.6 is 15.9 Å². The molecule has 3 rings (SSSR count). The molecule has 1 fully saturated rings. The normalized spacial score (nSPS) is 17.8. The molecule has 0 amide bonds. The van der Waals surface area contributed by atoms with Crippen LogP contribution in [-0.2, 0) is 0 Å². The summed E-state index contributed by atoms with van der Waals surface area (Å²) in [6.45, 7) is 2.00. The summed E-state index contributed by atoms with van der Waals surface area (Å²) in [6, 6.07) is 0. The third-order valence-electron chi connectivity index (χ3n) is 3.67. The molecule has 2 aromatic rings. The number of rotatable bonds is 1. The lowest BCUT2D eigenvalue weighted by Crippen LogP contribution is -2.06. The van der Waals surface area contributed by atoms with Gasteiger partial charge in [0, 0.05) is 12.4 Å². The van der Waals surface area contributed by atoms with Crippen molar-refractivity contribution in [3.63, 3.8) is 0 Å². The van der Waals surface area contributed by atoms with Crippen LogP contribution in [0.4, 0.5) is 0 Å². The quantitative estimate of drug-likeness (QED) is 0.799. The van der Waals surface area contributed by atoms with Crippen LogP contribution in [0, 0.1) is 6.92 Å². The average molecular weight is 294 g/mol. The zero-order valence-corrected chi connectivity index (χ0v) is 11.6. The van der Waals surface area contributed by atoms with Gasteiger partial charge in [-0.05, 0) is 47.2 Å². The highest BCUT2D eigenvalue weighted by Crippen LogP contribution is 2.32. The molecule has 90 valence electrons. The van der Waals surface area contributed by atoms with Crippen molar-refractivity contribution in [3.05, 3.63) is 28.1 Å². The van der Waals surface area contributed by atoms with Gasteiger partial charge in [0.2, 0.25) is 0 Å². The van der Waals surface area contributed by atoms with Crippen LogP contribution in [0.25, 0.3) is 5.65 Å². The number of nitrogens with zero attached hydrogens (tertiary/aromatic N) is 3. The summed E-state index contributed by atoms with van der Waals surface area (Å²) >= 11 is 3.53. The second-order valence-corrected chi connectivity index (χ2v) is 5.68. The maximum Gasteiger partial charge on any atom is 0.169 e. The lowest BCUT2D eigenvalue weighted by molar-refractivity contribution is 0.441. The molecule has 0 aliphatic heterocycles. The Morgan fingerprint density at radius 2 is 2.06 bits per heavy atom. The summed E-state index contributed by atoms with van der Waals surface area (Å²) in [5.74, 6) is 0.684. The minimum Gasteiger partial charge on any atom is -0.236 e. The third kappa shape index (κ3) is 1.99. The molecule has 0 bridgehead atoms. The van der Waals surface area contributed by atoms with Gasteiger partial charge in [0.05, 0.1) is 10.2 Å². The highest BCUT2D eigenvalue weighted by atomic mass is 79.9. The Morgan fingerprint density at radius 3 is 2.82 bits per heavy atom. The van der Waals surface area contributed by atoms with E-state index in [9.17, 15) is 0 Å². The highest BCUT2D eigenvalue weighted by molar-refractivity contribution is 9.10. The smallest absolute Gasteiger partial charge is 0.169 e. The van der Waals surface area contributed by atoms with Gasteiger partial charge < -0.3 is 0 Å². The van der Waals surface area contributed by atoms with Crippen LogP contribution in [0.1, 0.15) is 49.3 Å². The summed E-state index contributed by atoms with van der Waals surface area (Å²) < 4.78 is 2.91. The molecule has 2 aromatic heterocycles. The van der Waals surface area contributed by atoms with E-state index in [2.05, 4.69) is 32.2 Å². The lowest BCUT2D eigenvalue weighted by atomic mass is 9.85. The van der Waals surface area contributed by atoms with E-state index in [4.69, 9.17) is 0 Å². The van der Waals surface area contributed by atoms with E-state index >= 15 is 0 Å². The van der Waals surface area contributed by atoms with E-state index in [-0.39, 0.29) is 0 Å². The summed E-state index contributed by atoms with van der Waals surface area (Å²) in [7, 11) is 0. The third-order valence-corrected chi connectivity index (χ3v) is 4.60. The van der Waals surface area contributed by atoms with E-state index in [0.29, 0.717) is 5.92 Å². The van der Waals surface area contributed by atoms with Gasteiger partial charge in [-0.15, -0.1) is 0 Å². The first-order chi connectivity index (χ1) is 8.25. The molecule has 0 atom stereocenters. The summed E-state index contributed by atoms with van der Waals surface area (Å²) in [6.07, 6.45) is 10.9. The first kappa shape index (κ1) is 11.2. The van der Waals surface area contributed by atoms with Crippen molar-refractivity contribution in [2.24, 2.45) is 0 Å². The number of fused-ring (bicyclic) bond motifs is 1. The van der Waals surface area contributed by atoms with Crippen LogP contribution in [0.2, 0.25) is 0 Å². The first-order valence-corrected chi connectivity index (χ1v) is 7.05. The molecule has 17 heavy (non-hydrogen) atoms. The van der Waals surface area contributed by atoms with Crippen molar-refractivity contribution in [2.45, 2.75) is 44.9 Å². The molecule has 0 unspecified atom stereocenters. The number of hydrogen-bond acceptors (Lipinski definition) is 2. The topological polar surface area (TPSA) is 30.2 Å². The van der Waals surface area contributed by atoms with Crippen LogP contribution in [0.3, 0.4) is 0 Å². The number of aromatic nitrogens is 3. The minimum absolute atomic E-state index is 0.684. The molecule has 0 radical (unpaired) electrons. The van der Waals surface area contributed by atoms with Crippen molar-refractivity contribution in [1.29, 1.82) is 0 Å². The lowest BCUT2D eigenvalue weighted by Gasteiger charge is -2.21. The zero-order valence-electron chi connectivity index (χ0n) is 9.99. The number of hydrogen-bond donors (Lipinski definition) is 0. The first-order valence-electron chi connectivity index (χ1n) is 6.26. The van der Waals surface area contributed by atoms with Crippen molar-refractivity contribution in [1.82, 2.24) is 14.6 Å². The maximum atomic E-state index is 4.53. The SMILES string of the molecule is Cc1nn2cc(C3CCCCC3)cnc2c1Br. The Morgan fingerprint density at radius 1 is 1.29 bits per heavy atom. The van der Waals surface area contributed by atoms with Gasteiger partial charge in [0.1, 0.15) is 0 Å². The molecule has 2 heterocycles. The van der Waals surface area contributed by atoms with Crippen LogP contribution in [0.15, 0.2) is 16.9 Å². The predicted molar refractivity (Wildman–Crippen MR) is 71.3 cm³/mol. The molecule has 1 aliphatic rings. The predicted octanol–water partition coefficient (Wildman–Crippen LogP) is 3.85. The zero-order chi connectivity index (χ0) is 11.8. The molecule has 0 N–H and O–H groups in total. The molecule has 0 saturated heterocycles. The van der Waals surface area contributed by atoms with E-state index in [1.54, 1.807) is 0 Å². The van der Waals surface area contributed by atoms with Gasteiger partial charge in [-0.25, -0.2) is 9.50 Å². The van der Waals surface area contributed by atoms with E-state index in [1.807, 2.05) is 17.6 Å². The summed E-state index contributed by atoms with van der Waals surface area (Å²) in [5, 5.41) is 4.48. The summed E-state index contributed by atoms with van der Waals surface area (Å²) in [4.78, 5) is 4.53. The molecule has 4 heteroatoms. The van der Waals surface area contributed by atoms with Gasteiger partial charge in [-0.3, -0.25) is 0 Å². The van der Waals surface area contributed by atoms with Crippen LogP contribution < -0.4 is 0 Å². The van der Waals surface area contributed by atoms with Gasteiger partial charge in [0.25, 0.3) is 0 Å². The van der Waals surface area contributed by atoms with Crippen LogP contribution in [0.5, 0.6) is 0 Å². The Labute approximate surface area is 109 Å². The van der Waals surface area contributed by atoms with Gasteiger partial charge in [-0.1, -0.05) is 19.3 Å². The molecular weight excluding hydrogens is 278 g/mol. The Balaban J connectivity index is 2.01. The molecule has 0 aromatic carbocycles. The van der Waals surface area contributed by atoms with Crippen molar-refractivity contribution in [2.75, 3.05) is 0 Å². The largest absolute Gasteiger partial charge is 0.236 e. The molecule has 3 nitrogen and oxygen atoms in total. The van der Waals surface area contributed by atoms with Gasteiger partial charge >= 0.3 is 0 Å². The molecule has 0 spiro atoms. The Kier molecular flexibility index (Phi) is 2.90. The van der Waals surface area contributed by atoms with Crippen molar-refractivity contribution >= 4 is 21.6 Å². The number of halogens is 1. The Bertz CT molecular complexity index is 541. The fourth-order valence-electron chi connectivity index (χ4n) is 2.68. The minimum atomic E-state index is 0.684. The van der Waals surface area contributed by atoms with Gasteiger partial charge in [0.15, 0.2) is 5.65 Å². The van der Waals surface area contributed by atoms with Crippen molar-refractivity contribution in [3.8, 4) is 0 Å². The standard InChI is InChI=1S/C13H16BrN3/c1-9-12(14)13-15-7-11(8-17(13)16-9)10-5-3-2-4-6-10/h7-8,10H,2-6H2,1H3. The summed E-state index contributed by atoms with van der Waals surface area (Å²) in [5.41, 5.74) is 3.26. The molecule has 1 aliphatic carbocycles. The van der Waals surface area contributed by atoms with E-state index in [1.165, 1.54) is 37.7 Å². The van der Waals surface area contributed by atoms with E-state index < -0.39 is 0 Å². The average Bonchev–Trinajstić information content (AvgIpc) is 2.66. The van der Waals surface area contributed by atoms with Gasteiger partial charge in [-0.2, -0.15) is 5.10 Å². The maximum absolute atomic E-state index is 4.53. The Hall–Kier alpha value is -0.900. The fourth-order valence-corrected chi connectivity index (χ4v) is 3.04.